The highest BCUT2D eigenvalue weighted by Gasteiger charge is 2.44. The lowest BCUT2D eigenvalue weighted by atomic mass is 9.95. The number of nitrogens with zero attached hydrogens (tertiary/aromatic N) is 2. The van der Waals surface area contributed by atoms with Gasteiger partial charge in [-0.1, -0.05) is 0 Å². The Balaban J connectivity index is 1.46. The highest BCUT2D eigenvalue weighted by Crippen LogP contribution is 2.36. The third-order valence-electron chi connectivity index (χ3n) is 5.12. The van der Waals surface area contributed by atoms with Crippen LogP contribution < -0.4 is 0 Å². The van der Waals surface area contributed by atoms with Crippen molar-refractivity contribution in [2.24, 2.45) is 5.92 Å². The molecule has 3 aliphatic rings. The van der Waals surface area contributed by atoms with E-state index in [4.69, 9.17) is 4.42 Å². The van der Waals surface area contributed by atoms with Crippen LogP contribution in [0.3, 0.4) is 0 Å². The van der Waals surface area contributed by atoms with E-state index < -0.39 is 0 Å². The Morgan fingerprint density at radius 1 is 1.20 bits per heavy atom. The van der Waals surface area contributed by atoms with Crippen molar-refractivity contribution >= 4 is 5.91 Å². The van der Waals surface area contributed by atoms with E-state index >= 15 is 0 Å². The van der Waals surface area contributed by atoms with Gasteiger partial charge in [0.15, 0.2) is 0 Å². The van der Waals surface area contributed by atoms with E-state index in [0.29, 0.717) is 18.0 Å². The molecule has 0 radical (unpaired) electrons. The second kappa shape index (κ2) is 4.92. The monoisotopic (exact) mass is 274 g/mol. The Bertz CT molecular complexity index is 481. The maximum Gasteiger partial charge on any atom is 0.222 e. The molecule has 3 heterocycles. The zero-order valence-electron chi connectivity index (χ0n) is 11.8. The molecule has 20 heavy (non-hydrogen) atoms. The predicted molar refractivity (Wildman–Crippen MR) is 75.0 cm³/mol. The van der Waals surface area contributed by atoms with Gasteiger partial charge in [-0.3, -0.25) is 9.69 Å². The van der Waals surface area contributed by atoms with Gasteiger partial charge in [-0.05, 0) is 37.7 Å². The first-order chi connectivity index (χ1) is 9.81. The molecule has 108 valence electrons. The molecule has 1 amide bonds. The van der Waals surface area contributed by atoms with Crippen LogP contribution in [0.25, 0.3) is 0 Å². The average molecular weight is 274 g/mol. The molecule has 4 heteroatoms. The Morgan fingerprint density at radius 3 is 2.85 bits per heavy atom. The van der Waals surface area contributed by atoms with E-state index in [9.17, 15) is 4.79 Å². The molecule has 1 aliphatic carbocycles. The van der Waals surface area contributed by atoms with E-state index in [1.54, 1.807) is 6.26 Å². The number of rotatable bonds is 4. The Kier molecular flexibility index (Phi) is 3.06. The Hall–Kier alpha value is -1.29. The van der Waals surface area contributed by atoms with Gasteiger partial charge in [0.1, 0.15) is 0 Å². The smallest absolute Gasteiger partial charge is 0.222 e. The summed E-state index contributed by atoms with van der Waals surface area (Å²) in [4.78, 5) is 17.0. The van der Waals surface area contributed by atoms with Gasteiger partial charge < -0.3 is 9.32 Å². The molecule has 0 spiro atoms. The first-order valence-electron chi connectivity index (χ1n) is 7.86. The number of likely N-dealkylation sites (tertiary alicyclic amines) is 2. The van der Waals surface area contributed by atoms with Crippen LogP contribution in [0.1, 0.15) is 37.7 Å². The molecule has 2 saturated heterocycles. The number of furan rings is 1. The lowest BCUT2D eigenvalue weighted by Gasteiger charge is -2.40. The summed E-state index contributed by atoms with van der Waals surface area (Å²) >= 11 is 0. The number of hydrogen-bond acceptors (Lipinski definition) is 3. The van der Waals surface area contributed by atoms with E-state index in [2.05, 4.69) is 9.80 Å². The standard InChI is InChI=1S/C16H22N2O2/c19-16-4-3-14-15(18(16)10-12-1-2-12)5-7-17(14)9-13-6-8-20-11-13/h6,8,11-12,14-15H,1-5,7,9-10H2/t14-,15-/m1/s1. The molecular weight excluding hydrogens is 252 g/mol. The van der Waals surface area contributed by atoms with Gasteiger partial charge in [-0.25, -0.2) is 0 Å². The molecule has 0 aromatic carbocycles. The molecular formula is C16H22N2O2. The maximum atomic E-state index is 12.2. The molecule has 1 aromatic heterocycles. The topological polar surface area (TPSA) is 36.7 Å². The Morgan fingerprint density at radius 2 is 2.10 bits per heavy atom. The summed E-state index contributed by atoms with van der Waals surface area (Å²) in [6.45, 7) is 3.08. The minimum Gasteiger partial charge on any atom is -0.472 e. The third-order valence-corrected chi connectivity index (χ3v) is 5.12. The van der Waals surface area contributed by atoms with Gasteiger partial charge in [0.25, 0.3) is 0 Å². The van der Waals surface area contributed by atoms with Crippen LogP contribution in [-0.2, 0) is 11.3 Å². The first kappa shape index (κ1) is 12.5. The Labute approximate surface area is 119 Å². The highest BCUT2D eigenvalue weighted by molar-refractivity contribution is 5.77. The van der Waals surface area contributed by atoms with Crippen LogP contribution in [0.5, 0.6) is 0 Å². The summed E-state index contributed by atoms with van der Waals surface area (Å²) in [6.07, 6.45) is 9.12. The summed E-state index contributed by atoms with van der Waals surface area (Å²) in [5, 5.41) is 0. The summed E-state index contributed by atoms with van der Waals surface area (Å²) < 4.78 is 5.17. The van der Waals surface area contributed by atoms with Crippen LogP contribution in [0.2, 0.25) is 0 Å². The van der Waals surface area contributed by atoms with Gasteiger partial charge in [0, 0.05) is 43.7 Å². The number of hydrogen-bond donors (Lipinski definition) is 0. The second-order valence-electron chi connectivity index (χ2n) is 6.55. The molecule has 1 saturated carbocycles. The molecule has 0 N–H and O–H groups in total. The molecule has 0 bridgehead atoms. The van der Waals surface area contributed by atoms with E-state index in [1.165, 1.54) is 18.4 Å². The molecule has 4 rings (SSSR count). The summed E-state index contributed by atoms with van der Waals surface area (Å²) in [7, 11) is 0. The maximum absolute atomic E-state index is 12.2. The predicted octanol–water partition coefficient (Wildman–Crippen LogP) is 2.25. The van der Waals surface area contributed by atoms with Crippen molar-refractivity contribution < 1.29 is 9.21 Å². The fourth-order valence-electron chi connectivity index (χ4n) is 3.87. The van der Waals surface area contributed by atoms with Gasteiger partial charge in [0.05, 0.1) is 12.5 Å². The van der Waals surface area contributed by atoms with Gasteiger partial charge >= 0.3 is 0 Å². The van der Waals surface area contributed by atoms with Crippen LogP contribution >= 0.6 is 0 Å². The van der Waals surface area contributed by atoms with Gasteiger partial charge in [-0.15, -0.1) is 0 Å². The summed E-state index contributed by atoms with van der Waals surface area (Å²) in [5.74, 6) is 1.18. The van der Waals surface area contributed by atoms with Crippen molar-refractivity contribution in [3.8, 4) is 0 Å². The SMILES string of the molecule is O=C1CC[C@@H]2[C@@H](CCN2Cc2ccoc2)N1CC1CC1. The summed E-state index contributed by atoms with van der Waals surface area (Å²) in [5.41, 5.74) is 1.25. The fraction of sp³-hybridized carbons (Fsp3) is 0.688. The van der Waals surface area contributed by atoms with Crippen molar-refractivity contribution in [1.29, 1.82) is 0 Å². The lowest BCUT2D eigenvalue weighted by molar-refractivity contribution is -0.138. The van der Waals surface area contributed by atoms with Crippen molar-refractivity contribution in [2.45, 2.75) is 50.7 Å². The molecule has 4 nitrogen and oxygen atoms in total. The highest BCUT2D eigenvalue weighted by atomic mass is 16.3. The normalized spacial score (nSPS) is 30.8. The van der Waals surface area contributed by atoms with Crippen molar-refractivity contribution in [2.75, 3.05) is 13.1 Å². The van der Waals surface area contributed by atoms with Crippen molar-refractivity contribution in [1.82, 2.24) is 9.80 Å². The van der Waals surface area contributed by atoms with Gasteiger partial charge in [-0.2, -0.15) is 0 Å². The van der Waals surface area contributed by atoms with Gasteiger partial charge in [0.2, 0.25) is 5.91 Å². The molecule has 1 aromatic rings. The molecule has 2 atom stereocenters. The molecule has 3 fully saturated rings. The number of carbonyl (C=O) groups is 1. The van der Waals surface area contributed by atoms with Crippen LogP contribution in [0, 0.1) is 5.92 Å². The molecule has 0 unspecified atom stereocenters. The van der Waals surface area contributed by atoms with E-state index in [-0.39, 0.29) is 0 Å². The van der Waals surface area contributed by atoms with Crippen LogP contribution in [0.15, 0.2) is 23.0 Å². The first-order valence-corrected chi connectivity index (χ1v) is 7.86. The van der Waals surface area contributed by atoms with Crippen molar-refractivity contribution in [3.63, 3.8) is 0 Å². The number of amides is 1. The number of piperidine rings is 1. The quantitative estimate of drug-likeness (QED) is 0.845. The number of fused-ring (bicyclic) bond motifs is 1. The zero-order chi connectivity index (χ0) is 13.5. The third kappa shape index (κ3) is 2.26. The van der Waals surface area contributed by atoms with Crippen LogP contribution in [0.4, 0.5) is 0 Å². The second-order valence-corrected chi connectivity index (χ2v) is 6.55. The molecule has 2 aliphatic heterocycles. The van der Waals surface area contributed by atoms with E-state index in [1.807, 2.05) is 12.3 Å². The minimum atomic E-state index is 0.392. The minimum absolute atomic E-state index is 0.392. The zero-order valence-corrected chi connectivity index (χ0v) is 11.8. The lowest BCUT2D eigenvalue weighted by Crippen LogP contribution is -2.52. The van der Waals surface area contributed by atoms with E-state index in [0.717, 1.165) is 44.8 Å². The largest absolute Gasteiger partial charge is 0.472 e. The fourth-order valence-corrected chi connectivity index (χ4v) is 3.87. The average Bonchev–Trinajstić information content (AvgIpc) is 2.96. The van der Waals surface area contributed by atoms with Crippen molar-refractivity contribution in [3.05, 3.63) is 24.2 Å². The van der Waals surface area contributed by atoms with Crippen LogP contribution in [-0.4, -0.2) is 40.9 Å². The summed E-state index contributed by atoms with van der Waals surface area (Å²) in [6, 6.07) is 3.06. The number of carbonyl (C=O) groups excluding carboxylic acids is 1.